The molecule has 1 amide bonds. The van der Waals surface area contributed by atoms with Crippen LogP contribution in [0.3, 0.4) is 0 Å². The summed E-state index contributed by atoms with van der Waals surface area (Å²) in [4.78, 5) is 25.3. The molecule has 4 nitrogen and oxygen atoms in total. The summed E-state index contributed by atoms with van der Waals surface area (Å²) in [5.74, 6) is 0.500. The van der Waals surface area contributed by atoms with Crippen molar-refractivity contribution in [3.8, 4) is 9.88 Å². The Bertz CT molecular complexity index is 1040. The minimum Gasteiger partial charge on any atom is -0.337 e. The number of amides is 1. The lowest BCUT2D eigenvalue weighted by Crippen LogP contribution is -2.38. The van der Waals surface area contributed by atoms with Crippen LogP contribution in [0, 0.1) is 0 Å². The van der Waals surface area contributed by atoms with Gasteiger partial charge in [0.2, 0.25) is 0 Å². The van der Waals surface area contributed by atoms with E-state index < -0.39 is 0 Å². The molecule has 4 aromatic rings. The first-order chi connectivity index (χ1) is 13.3. The Morgan fingerprint density at radius 1 is 1.04 bits per heavy atom. The highest BCUT2D eigenvalue weighted by molar-refractivity contribution is 7.20. The van der Waals surface area contributed by atoms with E-state index in [1.165, 1.54) is 9.71 Å². The van der Waals surface area contributed by atoms with Crippen molar-refractivity contribution in [3.05, 3.63) is 57.9 Å². The van der Waals surface area contributed by atoms with Gasteiger partial charge >= 0.3 is 0 Å². The summed E-state index contributed by atoms with van der Waals surface area (Å²) in [5, 5.41) is 6.05. The van der Waals surface area contributed by atoms with Gasteiger partial charge in [0.05, 0.1) is 20.1 Å². The average molecular weight is 412 g/mol. The van der Waals surface area contributed by atoms with Crippen molar-refractivity contribution in [2.45, 2.75) is 18.8 Å². The zero-order chi connectivity index (χ0) is 18.2. The SMILES string of the molecule is O=C(c1csc(-c2cccs2)n1)N1CCC(c2nc3ccccc3s2)CC1. The number of rotatable bonds is 3. The Morgan fingerprint density at radius 3 is 2.67 bits per heavy atom. The fraction of sp³-hybridized carbons (Fsp3) is 0.250. The van der Waals surface area contributed by atoms with Crippen LogP contribution in [0.5, 0.6) is 0 Å². The van der Waals surface area contributed by atoms with Gasteiger partial charge in [-0.2, -0.15) is 0 Å². The Morgan fingerprint density at radius 2 is 1.89 bits per heavy atom. The van der Waals surface area contributed by atoms with Gasteiger partial charge in [0.15, 0.2) is 0 Å². The first kappa shape index (κ1) is 17.0. The van der Waals surface area contributed by atoms with E-state index in [4.69, 9.17) is 4.98 Å². The van der Waals surface area contributed by atoms with E-state index in [2.05, 4.69) is 23.2 Å². The van der Waals surface area contributed by atoms with Crippen molar-refractivity contribution in [1.29, 1.82) is 0 Å². The Kier molecular flexibility index (Phi) is 4.51. The minimum absolute atomic E-state index is 0.0526. The molecule has 0 radical (unpaired) electrons. The minimum atomic E-state index is 0.0526. The Labute approximate surface area is 169 Å². The predicted molar refractivity (Wildman–Crippen MR) is 113 cm³/mol. The molecule has 4 heterocycles. The van der Waals surface area contributed by atoms with E-state index in [-0.39, 0.29) is 5.91 Å². The summed E-state index contributed by atoms with van der Waals surface area (Å²) in [6.07, 6.45) is 1.93. The van der Waals surface area contributed by atoms with Crippen molar-refractivity contribution >= 4 is 50.1 Å². The highest BCUT2D eigenvalue weighted by atomic mass is 32.1. The number of thiophene rings is 1. The first-order valence-electron chi connectivity index (χ1n) is 8.92. The standard InChI is InChI=1S/C20H17N3OS3/c24-20(15-12-26-19(22-15)17-6-3-11-25-17)23-9-7-13(8-10-23)18-21-14-4-1-2-5-16(14)27-18/h1-6,11-13H,7-10H2. The second-order valence-electron chi connectivity index (χ2n) is 6.60. The van der Waals surface area contributed by atoms with Crippen molar-refractivity contribution in [2.75, 3.05) is 13.1 Å². The molecular weight excluding hydrogens is 394 g/mol. The zero-order valence-corrected chi connectivity index (χ0v) is 16.9. The summed E-state index contributed by atoms with van der Waals surface area (Å²) < 4.78 is 1.24. The number of piperidine rings is 1. The lowest BCUT2D eigenvalue weighted by atomic mass is 9.97. The van der Waals surface area contributed by atoms with Gasteiger partial charge in [0.25, 0.3) is 5.91 Å². The van der Waals surface area contributed by atoms with E-state index in [1.807, 2.05) is 33.9 Å². The summed E-state index contributed by atoms with van der Waals surface area (Å²) in [7, 11) is 0. The van der Waals surface area contributed by atoms with E-state index in [0.717, 1.165) is 41.3 Å². The molecule has 7 heteroatoms. The van der Waals surface area contributed by atoms with E-state index in [9.17, 15) is 4.79 Å². The number of benzene rings is 1. The third-order valence-electron chi connectivity index (χ3n) is 4.90. The number of carbonyl (C=O) groups is 1. The average Bonchev–Trinajstić information content (AvgIpc) is 3.47. The molecular formula is C20H17N3OS3. The third kappa shape index (κ3) is 3.31. The van der Waals surface area contributed by atoms with E-state index in [0.29, 0.717) is 11.6 Å². The molecule has 0 bridgehead atoms. The van der Waals surface area contributed by atoms with Gasteiger partial charge in [-0.15, -0.1) is 34.0 Å². The maximum Gasteiger partial charge on any atom is 0.273 e. The molecule has 5 rings (SSSR count). The molecule has 1 aliphatic rings. The second kappa shape index (κ2) is 7.14. The zero-order valence-electron chi connectivity index (χ0n) is 14.5. The summed E-state index contributed by atoms with van der Waals surface area (Å²) >= 11 is 4.98. The molecule has 1 saturated heterocycles. The van der Waals surface area contributed by atoms with Crippen LogP contribution in [0.1, 0.15) is 34.3 Å². The van der Waals surface area contributed by atoms with Gasteiger partial charge in [-0.1, -0.05) is 18.2 Å². The number of hydrogen-bond donors (Lipinski definition) is 0. The van der Waals surface area contributed by atoms with Crippen molar-refractivity contribution < 1.29 is 4.79 Å². The van der Waals surface area contributed by atoms with Crippen LogP contribution >= 0.6 is 34.0 Å². The largest absolute Gasteiger partial charge is 0.337 e. The Hall–Kier alpha value is -2.09. The quantitative estimate of drug-likeness (QED) is 0.447. The third-order valence-corrected chi connectivity index (χ3v) is 7.98. The molecule has 0 saturated carbocycles. The van der Waals surface area contributed by atoms with Gasteiger partial charge in [0, 0.05) is 24.4 Å². The number of thiazole rings is 2. The van der Waals surface area contributed by atoms with E-state index in [1.54, 1.807) is 34.0 Å². The van der Waals surface area contributed by atoms with Gasteiger partial charge in [-0.05, 0) is 36.4 Å². The number of nitrogens with zero attached hydrogens (tertiary/aromatic N) is 3. The van der Waals surface area contributed by atoms with Gasteiger partial charge < -0.3 is 4.90 Å². The van der Waals surface area contributed by atoms with Crippen LogP contribution in [-0.4, -0.2) is 33.9 Å². The molecule has 0 N–H and O–H groups in total. The topological polar surface area (TPSA) is 46.1 Å². The number of aromatic nitrogens is 2. The molecule has 0 spiro atoms. The molecule has 1 fully saturated rings. The van der Waals surface area contributed by atoms with Crippen molar-refractivity contribution in [2.24, 2.45) is 0 Å². The molecule has 27 heavy (non-hydrogen) atoms. The maximum absolute atomic E-state index is 12.8. The van der Waals surface area contributed by atoms with E-state index >= 15 is 0 Å². The molecule has 3 aromatic heterocycles. The maximum atomic E-state index is 12.8. The fourth-order valence-electron chi connectivity index (χ4n) is 3.44. The number of fused-ring (bicyclic) bond motifs is 1. The smallest absolute Gasteiger partial charge is 0.273 e. The predicted octanol–water partition coefficient (Wildman–Crippen LogP) is 5.50. The van der Waals surface area contributed by atoms with Crippen LogP contribution in [0.25, 0.3) is 20.1 Å². The van der Waals surface area contributed by atoms with Crippen molar-refractivity contribution in [1.82, 2.24) is 14.9 Å². The van der Waals surface area contributed by atoms with Gasteiger partial charge in [-0.3, -0.25) is 4.79 Å². The van der Waals surface area contributed by atoms with Gasteiger partial charge in [0.1, 0.15) is 10.7 Å². The number of carbonyl (C=O) groups excluding carboxylic acids is 1. The lowest BCUT2D eigenvalue weighted by molar-refractivity contribution is 0.0708. The summed E-state index contributed by atoms with van der Waals surface area (Å²) in [6.45, 7) is 1.54. The van der Waals surface area contributed by atoms with Gasteiger partial charge in [-0.25, -0.2) is 9.97 Å². The molecule has 0 aliphatic carbocycles. The molecule has 1 aromatic carbocycles. The fourth-order valence-corrected chi connectivity index (χ4v) is 6.19. The highest BCUT2D eigenvalue weighted by Gasteiger charge is 2.27. The Balaban J connectivity index is 1.26. The normalized spacial score (nSPS) is 15.5. The number of hydrogen-bond acceptors (Lipinski definition) is 6. The molecule has 0 unspecified atom stereocenters. The summed E-state index contributed by atoms with van der Waals surface area (Å²) in [5.41, 5.74) is 1.65. The van der Waals surface area contributed by atoms with Crippen LogP contribution in [0.2, 0.25) is 0 Å². The number of para-hydroxylation sites is 1. The van der Waals surface area contributed by atoms with Crippen LogP contribution in [-0.2, 0) is 0 Å². The monoisotopic (exact) mass is 411 g/mol. The van der Waals surface area contributed by atoms with Crippen LogP contribution < -0.4 is 0 Å². The highest BCUT2D eigenvalue weighted by Crippen LogP contribution is 2.34. The second-order valence-corrected chi connectivity index (χ2v) is 9.47. The summed E-state index contributed by atoms with van der Waals surface area (Å²) in [6, 6.07) is 12.3. The molecule has 0 atom stereocenters. The van der Waals surface area contributed by atoms with Crippen LogP contribution in [0.4, 0.5) is 0 Å². The molecule has 136 valence electrons. The lowest BCUT2D eigenvalue weighted by Gasteiger charge is -2.30. The molecule has 1 aliphatic heterocycles. The first-order valence-corrected chi connectivity index (χ1v) is 11.5. The number of likely N-dealkylation sites (tertiary alicyclic amines) is 1. The van der Waals surface area contributed by atoms with Crippen LogP contribution in [0.15, 0.2) is 47.2 Å². The van der Waals surface area contributed by atoms with Crippen molar-refractivity contribution in [3.63, 3.8) is 0 Å².